The van der Waals surface area contributed by atoms with E-state index < -0.39 is 0 Å². The first-order valence-corrected chi connectivity index (χ1v) is 4.82. The van der Waals surface area contributed by atoms with Crippen molar-refractivity contribution in [3.63, 3.8) is 0 Å². The summed E-state index contributed by atoms with van der Waals surface area (Å²) in [5.41, 5.74) is 0. The lowest BCUT2D eigenvalue weighted by molar-refractivity contribution is -0.121. The summed E-state index contributed by atoms with van der Waals surface area (Å²) < 4.78 is 0. The standard InChI is InChI=1S/C8H17NOS/c1-2-3-4-5-8(10)9-6-7-11/h11H,2-7H2,1H3,(H,9,10). The third kappa shape index (κ3) is 7.72. The van der Waals surface area contributed by atoms with Crippen molar-refractivity contribution in [1.82, 2.24) is 5.32 Å². The molecule has 0 aliphatic heterocycles. The van der Waals surface area contributed by atoms with Gasteiger partial charge in [-0.2, -0.15) is 12.6 Å². The highest BCUT2D eigenvalue weighted by atomic mass is 32.1. The van der Waals surface area contributed by atoms with E-state index in [0.717, 1.165) is 18.6 Å². The second-order valence-corrected chi connectivity index (χ2v) is 2.98. The first-order valence-electron chi connectivity index (χ1n) is 4.18. The number of hydrogen-bond acceptors (Lipinski definition) is 2. The number of amides is 1. The van der Waals surface area contributed by atoms with Gasteiger partial charge in [-0.25, -0.2) is 0 Å². The SMILES string of the molecule is CCCCCC(=O)NCCS. The zero-order valence-electron chi connectivity index (χ0n) is 7.10. The zero-order chi connectivity index (χ0) is 8.53. The van der Waals surface area contributed by atoms with Crippen LogP contribution >= 0.6 is 12.6 Å². The van der Waals surface area contributed by atoms with Crippen LogP contribution in [-0.4, -0.2) is 18.2 Å². The summed E-state index contributed by atoms with van der Waals surface area (Å²) in [7, 11) is 0. The van der Waals surface area contributed by atoms with Crippen LogP contribution in [0.25, 0.3) is 0 Å². The molecule has 0 bridgehead atoms. The third-order valence-electron chi connectivity index (χ3n) is 1.44. The van der Waals surface area contributed by atoms with Gasteiger partial charge in [-0.3, -0.25) is 4.79 Å². The predicted octanol–water partition coefficient (Wildman–Crippen LogP) is 1.61. The molecule has 0 atom stereocenters. The molecule has 2 nitrogen and oxygen atoms in total. The number of carbonyl (C=O) groups is 1. The molecular formula is C8H17NOS. The van der Waals surface area contributed by atoms with Gasteiger partial charge >= 0.3 is 0 Å². The molecular weight excluding hydrogens is 158 g/mol. The van der Waals surface area contributed by atoms with Crippen molar-refractivity contribution < 1.29 is 4.79 Å². The van der Waals surface area contributed by atoms with E-state index in [1.165, 1.54) is 6.42 Å². The lowest BCUT2D eigenvalue weighted by atomic mass is 10.2. The summed E-state index contributed by atoms with van der Waals surface area (Å²) in [5.74, 6) is 0.881. The van der Waals surface area contributed by atoms with Crippen molar-refractivity contribution in [2.75, 3.05) is 12.3 Å². The Kier molecular flexibility index (Phi) is 7.79. The van der Waals surface area contributed by atoms with Gasteiger partial charge in [0.2, 0.25) is 5.91 Å². The van der Waals surface area contributed by atoms with Crippen LogP contribution in [0.1, 0.15) is 32.6 Å². The molecule has 11 heavy (non-hydrogen) atoms. The number of hydrogen-bond donors (Lipinski definition) is 2. The second-order valence-electron chi connectivity index (χ2n) is 2.53. The maximum Gasteiger partial charge on any atom is 0.220 e. The highest BCUT2D eigenvalue weighted by molar-refractivity contribution is 7.80. The fourth-order valence-electron chi connectivity index (χ4n) is 0.819. The van der Waals surface area contributed by atoms with Gasteiger partial charge in [-0.15, -0.1) is 0 Å². The summed E-state index contributed by atoms with van der Waals surface area (Å²) in [4.78, 5) is 10.9. The molecule has 0 aromatic rings. The van der Waals surface area contributed by atoms with Gasteiger partial charge in [0.25, 0.3) is 0 Å². The number of rotatable bonds is 6. The fraction of sp³-hybridized carbons (Fsp3) is 0.875. The molecule has 0 spiro atoms. The first kappa shape index (κ1) is 10.8. The molecule has 1 N–H and O–H groups in total. The maximum atomic E-state index is 10.9. The number of nitrogens with one attached hydrogen (secondary N) is 1. The normalized spacial score (nSPS) is 9.64. The molecule has 0 rings (SSSR count). The van der Waals surface area contributed by atoms with Gasteiger partial charge in [0.1, 0.15) is 0 Å². The van der Waals surface area contributed by atoms with E-state index in [9.17, 15) is 4.79 Å². The van der Waals surface area contributed by atoms with Crippen LogP contribution < -0.4 is 5.32 Å². The van der Waals surface area contributed by atoms with E-state index in [1.54, 1.807) is 0 Å². The minimum atomic E-state index is 0.160. The molecule has 0 fully saturated rings. The van der Waals surface area contributed by atoms with E-state index >= 15 is 0 Å². The lowest BCUT2D eigenvalue weighted by Gasteiger charge is -2.01. The molecule has 0 saturated heterocycles. The molecule has 3 heteroatoms. The Morgan fingerprint density at radius 1 is 1.45 bits per heavy atom. The van der Waals surface area contributed by atoms with Crippen LogP contribution in [0.5, 0.6) is 0 Å². The highest BCUT2D eigenvalue weighted by Crippen LogP contribution is 1.97. The molecule has 0 saturated carbocycles. The van der Waals surface area contributed by atoms with Crippen LogP contribution in [0.2, 0.25) is 0 Å². The predicted molar refractivity (Wildman–Crippen MR) is 51.0 cm³/mol. The average Bonchev–Trinajstić information content (AvgIpc) is 2.01. The van der Waals surface area contributed by atoms with E-state index in [4.69, 9.17) is 0 Å². The van der Waals surface area contributed by atoms with E-state index in [0.29, 0.717) is 13.0 Å². The number of carbonyl (C=O) groups excluding carboxylic acids is 1. The van der Waals surface area contributed by atoms with Crippen molar-refractivity contribution >= 4 is 18.5 Å². The summed E-state index contributed by atoms with van der Waals surface area (Å²) in [6.45, 7) is 2.82. The second kappa shape index (κ2) is 7.92. The van der Waals surface area contributed by atoms with Crippen LogP contribution in [0.4, 0.5) is 0 Å². The fourth-order valence-corrected chi connectivity index (χ4v) is 0.931. The monoisotopic (exact) mass is 175 g/mol. The highest BCUT2D eigenvalue weighted by Gasteiger charge is 1.97. The Morgan fingerprint density at radius 3 is 2.73 bits per heavy atom. The van der Waals surface area contributed by atoms with Gasteiger partial charge in [-0.1, -0.05) is 19.8 Å². The average molecular weight is 175 g/mol. The van der Waals surface area contributed by atoms with Crippen molar-refractivity contribution in [2.45, 2.75) is 32.6 Å². The maximum absolute atomic E-state index is 10.9. The van der Waals surface area contributed by atoms with Gasteiger partial charge in [0.15, 0.2) is 0 Å². The summed E-state index contributed by atoms with van der Waals surface area (Å²) in [6.07, 6.45) is 3.99. The molecule has 0 radical (unpaired) electrons. The van der Waals surface area contributed by atoms with Gasteiger partial charge in [0, 0.05) is 18.7 Å². The molecule has 0 aromatic carbocycles. The Balaban J connectivity index is 3.09. The van der Waals surface area contributed by atoms with Crippen LogP contribution in [-0.2, 0) is 4.79 Å². The smallest absolute Gasteiger partial charge is 0.220 e. The summed E-state index contributed by atoms with van der Waals surface area (Å²) >= 11 is 3.99. The van der Waals surface area contributed by atoms with Crippen LogP contribution in [0.3, 0.4) is 0 Å². The van der Waals surface area contributed by atoms with Crippen LogP contribution in [0, 0.1) is 0 Å². The summed E-state index contributed by atoms with van der Waals surface area (Å²) in [5, 5.41) is 2.78. The minimum absolute atomic E-state index is 0.160. The molecule has 0 unspecified atom stereocenters. The van der Waals surface area contributed by atoms with Crippen molar-refractivity contribution in [2.24, 2.45) is 0 Å². The Bertz CT molecular complexity index is 106. The van der Waals surface area contributed by atoms with Gasteiger partial charge < -0.3 is 5.32 Å². The van der Waals surface area contributed by atoms with Crippen LogP contribution in [0.15, 0.2) is 0 Å². The van der Waals surface area contributed by atoms with E-state index in [1.807, 2.05) is 0 Å². The van der Waals surface area contributed by atoms with Crippen molar-refractivity contribution in [1.29, 1.82) is 0 Å². The number of unbranched alkanes of at least 4 members (excludes halogenated alkanes) is 2. The third-order valence-corrected chi connectivity index (χ3v) is 1.66. The van der Waals surface area contributed by atoms with Gasteiger partial charge in [-0.05, 0) is 6.42 Å². The molecule has 1 amide bonds. The topological polar surface area (TPSA) is 29.1 Å². The van der Waals surface area contributed by atoms with Crippen molar-refractivity contribution in [3.8, 4) is 0 Å². The first-order chi connectivity index (χ1) is 5.31. The zero-order valence-corrected chi connectivity index (χ0v) is 7.99. The Hall–Kier alpha value is -0.180. The molecule has 0 aliphatic carbocycles. The van der Waals surface area contributed by atoms with Gasteiger partial charge in [0.05, 0.1) is 0 Å². The van der Waals surface area contributed by atoms with E-state index in [2.05, 4.69) is 24.9 Å². The largest absolute Gasteiger partial charge is 0.355 e. The number of thiol groups is 1. The molecule has 0 heterocycles. The Morgan fingerprint density at radius 2 is 2.18 bits per heavy atom. The minimum Gasteiger partial charge on any atom is -0.355 e. The van der Waals surface area contributed by atoms with Crippen molar-refractivity contribution in [3.05, 3.63) is 0 Å². The summed E-state index contributed by atoms with van der Waals surface area (Å²) in [6, 6.07) is 0. The molecule has 66 valence electrons. The molecule has 0 aromatic heterocycles. The molecule has 0 aliphatic rings. The van der Waals surface area contributed by atoms with E-state index in [-0.39, 0.29) is 5.91 Å². The lowest BCUT2D eigenvalue weighted by Crippen LogP contribution is -2.24. The quantitative estimate of drug-likeness (QED) is 0.466. The Labute approximate surface area is 74.2 Å².